The zero-order valence-electron chi connectivity index (χ0n) is 5.51. The first-order chi connectivity index (χ1) is 5.07. The van der Waals surface area contributed by atoms with Crippen molar-refractivity contribution < 1.29 is 14.6 Å². The average Bonchev–Trinajstić information content (AvgIpc) is 1.99. The van der Waals surface area contributed by atoms with Crippen LogP contribution in [-0.2, 0) is 9.53 Å². The van der Waals surface area contributed by atoms with Gasteiger partial charge in [-0.15, -0.1) is 0 Å². The Morgan fingerprint density at radius 1 is 1.58 bits per heavy atom. The molecule has 12 heavy (non-hydrogen) atoms. The fourth-order valence-electron chi connectivity index (χ4n) is 0.253. The monoisotopic (exact) mass is 238 g/mol. The van der Waals surface area contributed by atoms with E-state index < -0.39 is 11.2 Å². The minimum absolute atomic E-state index is 0. The van der Waals surface area contributed by atoms with Crippen LogP contribution in [0.3, 0.4) is 0 Å². The normalized spacial score (nSPS) is 10.8. The number of halogens is 2. The van der Waals surface area contributed by atoms with Gasteiger partial charge in [-0.2, -0.15) is 0 Å². The summed E-state index contributed by atoms with van der Waals surface area (Å²) in [4.78, 5) is 10.4. The SMILES string of the molecule is C=CC(=O)OCC(Cl)=C(O)Cl.[CaH2]. The number of carbonyl (C=O) groups is 1. The van der Waals surface area contributed by atoms with E-state index in [-0.39, 0.29) is 49.4 Å². The summed E-state index contributed by atoms with van der Waals surface area (Å²) in [5.41, 5.74) is 0. The molecule has 0 unspecified atom stereocenters. The zero-order chi connectivity index (χ0) is 8.85. The summed E-state index contributed by atoms with van der Waals surface area (Å²) in [5, 5.41) is 7.80. The van der Waals surface area contributed by atoms with Crippen LogP contribution in [-0.4, -0.2) is 55.4 Å². The molecule has 0 bridgehead atoms. The van der Waals surface area contributed by atoms with Crippen molar-refractivity contribution in [3.63, 3.8) is 0 Å². The van der Waals surface area contributed by atoms with E-state index in [0.29, 0.717) is 0 Å². The van der Waals surface area contributed by atoms with Gasteiger partial charge in [0.15, 0.2) is 0 Å². The molecule has 0 aliphatic heterocycles. The van der Waals surface area contributed by atoms with Crippen LogP contribution in [0.1, 0.15) is 0 Å². The molecular formula is C6H8CaCl2O3. The van der Waals surface area contributed by atoms with Crippen molar-refractivity contribution in [3.8, 4) is 0 Å². The number of esters is 1. The van der Waals surface area contributed by atoms with E-state index in [0.717, 1.165) is 6.08 Å². The Morgan fingerprint density at radius 2 is 2.08 bits per heavy atom. The first-order valence-corrected chi connectivity index (χ1v) is 3.35. The average molecular weight is 239 g/mol. The third-order valence-electron chi connectivity index (χ3n) is 0.732. The summed E-state index contributed by atoms with van der Waals surface area (Å²) in [5.74, 6) is -0.624. The molecule has 0 aromatic carbocycles. The van der Waals surface area contributed by atoms with Gasteiger partial charge in [-0.05, 0) is 11.6 Å². The summed E-state index contributed by atoms with van der Waals surface area (Å²) in [6, 6.07) is 0. The van der Waals surface area contributed by atoms with E-state index in [1.54, 1.807) is 0 Å². The first kappa shape index (κ1) is 15.1. The van der Waals surface area contributed by atoms with Crippen molar-refractivity contribution in [2.24, 2.45) is 0 Å². The molecule has 0 aliphatic rings. The Labute approximate surface area is 110 Å². The molecule has 0 rings (SSSR count). The molecule has 66 valence electrons. The quantitative estimate of drug-likeness (QED) is 0.346. The van der Waals surface area contributed by atoms with Crippen molar-refractivity contribution in [2.75, 3.05) is 6.61 Å². The predicted molar refractivity (Wildman–Crippen MR) is 51.1 cm³/mol. The summed E-state index contributed by atoms with van der Waals surface area (Å²) < 4.78 is 4.42. The number of hydrogen-bond donors (Lipinski definition) is 1. The van der Waals surface area contributed by atoms with E-state index in [2.05, 4.69) is 11.3 Å². The maximum atomic E-state index is 10.4. The van der Waals surface area contributed by atoms with Gasteiger partial charge in [0.25, 0.3) is 0 Å². The molecule has 0 aromatic heterocycles. The second kappa shape index (κ2) is 8.20. The second-order valence-electron chi connectivity index (χ2n) is 1.51. The number of aliphatic hydroxyl groups is 1. The minimum atomic E-state index is -0.624. The van der Waals surface area contributed by atoms with Crippen molar-refractivity contribution in [2.45, 2.75) is 0 Å². The molecule has 0 aromatic rings. The van der Waals surface area contributed by atoms with Gasteiger partial charge in [0, 0.05) is 6.08 Å². The van der Waals surface area contributed by atoms with Crippen molar-refractivity contribution in [1.82, 2.24) is 0 Å². The van der Waals surface area contributed by atoms with Crippen LogP contribution in [0.4, 0.5) is 0 Å². The molecule has 0 fully saturated rings. The van der Waals surface area contributed by atoms with Crippen LogP contribution < -0.4 is 0 Å². The fraction of sp³-hybridized carbons (Fsp3) is 0.167. The zero-order valence-corrected chi connectivity index (χ0v) is 7.02. The van der Waals surface area contributed by atoms with Gasteiger partial charge in [-0.25, -0.2) is 4.79 Å². The molecule has 3 nitrogen and oxygen atoms in total. The maximum absolute atomic E-state index is 10.4. The number of carbonyl (C=O) groups excluding carboxylic acids is 1. The van der Waals surface area contributed by atoms with Crippen molar-refractivity contribution in [1.29, 1.82) is 0 Å². The molecule has 0 atom stereocenters. The molecule has 0 amide bonds. The van der Waals surface area contributed by atoms with Gasteiger partial charge in [0.05, 0.1) is 0 Å². The molecule has 0 radical (unpaired) electrons. The van der Waals surface area contributed by atoms with Crippen LogP contribution in [0.25, 0.3) is 0 Å². The van der Waals surface area contributed by atoms with Crippen molar-refractivity contribution >= 4 is 66.9 Å². The van der Waals surface area contributed by atoms with Crippen molar-refractivity contribution in [3.05, 3.63) is 22.9 Å². The van der Waals surface area contributed by atoms with E-state index in [1.807, 2.05) is 0 Å². The molecule has 0 spiro atoms. The van der Waals surface area contributed by atoms with Crippen LogP contribution >= 0.6 is 23.2 Å². The number of aliphatic hydroxyl groups excluding tert-OH is 1. The van der Waals surface area contributed by atoms with Crippen LogP contribution in [0.2, 0.25) is 0 Å². The predicted octanol–water partition coefficient (Wildman–Crippen LogP) is 1.00. The van der Waals surface area contributed by atoms with Gasteiger partial charge in [0.2, 0.25) is 5.22 Å². The van der Waals surface area contributed by atoms with Gasteiger partial charge in [0.1, 0.15) is 11.6 Å². The Balaban J connectivity index is 0. The summed E-state index contributed by atoms with van der Waals surface area (Å²) >= 11 is 10.3. The van der Waals surface area contributed by atoms with E-state index in [1.165, 1.54) is 0 Å². The Kier molecular flexibility index (Phi) is 10.3. The van der Waals surface area contributed by atoms with Gasteiger partial charge >= 0.3 is 43.7 Å². The molecular weight excluding hydrogens is 231 g/mol. The third kappa shape index (κ3) is 7.25. The number of rotatable bonds is 3. The van der Waals surface area contributed by atoms with Crippen LogP contribution in [0.5, 0.6) is 0 Å². The molecule has 0 heterocycles. The molecule has 1 N–H and O–H groups in total. The van der Waals surface area contributed by atoms with Gasteiger partial charge < -0.3 is 9.84 Å². The molecule has 0 aliphatic carbocycles. The second-order valence-corrected chi connectivity index (χ2v) is 2.32. The van der Waals surface area contributed by atoms with Crippen LogP contribution in [0, 0.1) is 0 Å². The standard InChI is InChI=1S/C6H6Cl2O3.Ca.2H/c1-2-5(9)11-3-4(7)6(8)10;;;/h2,10H,1,3H2;;;. The summed E-state index contributed by atoms with van der Waals surface area (Å²) in [6.07, 6.45) is 0.982. The summed E-state index contributed by atoms with van der Waals surface area (Å²) in [7, 11) is 0. The molecule has 0 saturated carbocycles. The topological polar surface area (TPSA) is 46.5 Å². The Morgan fingerprint density at radius 3 is 2.42 bits per heavy atom. The molecule has 6 heteroatoms. The van der Waals surface area contributed by atoms with Gasteiger partial charge in [-0.3, -0.25) is 0 Å². The number of hydrogen-bond acceptors (Lipinski definition) is 3. The third-order valence-corrected chi connectivity index (χ3v) is 1.34. The number of ether oxygens (including phenoxy) is 1. The Bertz CT molecular complexity index is 199. The van der Waals surface area contributed by atoms with Gasteiger partial charge in [-0.1, -0.05) is 18.2 Å². The van der Waals surface area contributed by atoms with E-state index >= 15 is 0 Å². The summed E-state index contributed by atoms with van der Waals surface area (Å²) in [6.45, 7) is 2.91. The van der Waals surface area contributed by atoms with Crippen LogP contribution in [0.15, 0.2) is 22.9 Å². The molecule has 0 saturated heterocycles. The van der Waals surface area contributed by atoms with E-state index in [9.17, 15) is 4.79 Å². The first-order valence-electron chi connectivity index (χ1n) is 2.60. The Hall–Kier alpha value is 0.590. The fourth-order valence-corrected chi connectivity index (χ4v) is 0.362. The van der Waals surface area contributed by atoms with E-state index in [4.69, 9.17) is 28.3 Å².